The zero-order chi connectivity index (χ0) is 16.0. The van der Waals surface area contributed by atoms with Crippen LogP contribution in [0.25, 0.3) is 12.2 Å². The van der Waals surface area contributed by atoms with E-state index in [0.717, 1.165) is 12.0 Å². The number of aryl methyl sites for hydroxylation is 1. The Balaban J connectivity index is 2.15. The summed E-state index contributed by atoms with van der Waals surface area (Å²) in [5.41, 5.74) is 3.62. The normalized spacial score (nSPS) is 10.6. The smallest absolute Gasteiger partial charge is 0.0346 e. The lowest BCUT2D eigenvalue weighted by Crippen LogP contribution is -1.95. The van der Waals surface area contributed by atoms with Crippen molar-refractivity contribution in [1.29, 1.82) is 0 Å². The van der Waals surface area contributed by atoms with Gasteiger partial charge in [0, 0.05) is 12.4 Å². The summed E-state index contributed by atoms with van der Waals surface area (Å²) in [5, 5.41) is 0. The average Bonchev–Trinajstić information content (AvgIpc) is 2.56. The predicted octanol–water partition coefficient (Wildman–Crippen LogP) is 6.83. The number of nitrogens with zero attached hydrogens (tertiary/aromatic N) is 1. The molecule has 0 fully saturated rings. The number of unbranched alkanes of at least 4 members (excludes halogenated alkanes) is 9. The summed E-state index contributed by atoms with van der Waals surface area (Å²) in [6, 6.07) is 0. The largest absolute Gasteiger partial charge is 0.264 e. The van der Waals surface area contributed by atoms with E-state index in [-0.39, 0.29) is 0 Å². The van der Waals surface area contributed by atoms with E-state index in [1.807, 2.05) is 24.5 Å². The van der Waals surface area contributed by atoms with Gasteiger partial charge in [-0.05, 0) is 29.5 Å². The molecule has 0 radical (unpaired) electrons. The summed E-state index contributed by atoms with van der Waals surface area (Å²) in [4.78, 5) is 4.31. The summed E-state index contributed by atoms with van der Waals surface area (Å²) in [7, 11) is 0. The monoisotopic (exact) mass is 299 g/mol. The first kappa shape index (κ1) is 18.7. The maximum absolute atomic E-state index is 4.31. The summed E-state index contributed by atoms with van der Waals surface area (Å²) in [5.74, 6) is 0. The molecule has 0 N–H and O–H groups in total. The highest BCUT2D eigenvalue weighted by Gasteiger charge is 2.03. The van der Waals surface area contributed by atoms with E-state index >= 15 is 0 Å². The van der Waals surface area contributed by atoms with Crippen molar-refractivity contribution >= 4 is 12.2 Å². The number of pyridine rings is 1. The Labute approximate surface area is 137 Å². The van der Waals surface area contributed by atoms with Gasteiger partial charge in [-0.25, -0.2) is 0 Å². The highest BCUT2D eigenvalue weighted by Crippen LogP contribution is 2.19. The molecule has 1 aromatic heterocycles. The van der Waals surface area contributed by atoms with Crippen LogP contribution in [0, 0.1) is 0 Å². The van der Waals surface area contributed by atoms with Crippen molar-refractivity contribution in [2.45, 2.75) is 77.6 Å². The molecule has 1 rings (SSSR count). The lowest BCUT2D eigenvalue weighted by atomic mass is 9.99. The predicted molar refractivity (Wildman–Crippen MR) is 100.0 cm³/mol. The molecule has 0 unspecified atom stereocenters. The molecule has 1 nitrogen and oxygen atoms in total. The molecule has 0 aromatic carbocycles. The molecule has 0 spiro atoms. The minimum absolute atomic E-state index is 1.10. The van der Waals surface area contributed by atoms with Gasteiger partial charge in [0.1, 0.15) is 0 Å². The second-order valence-electron chi connectivity index (χ2n) is 6.14. The Morgan fingerprint density at radius 2 is 1.41 bits per heavy atom. The van der Waals surface area contributed by atoms with Crippen molar-refractivity contribution in [3.63, 3.8) is 0 Å². The van der Waals surface area contributed by atoms with Crippen LogP contribution in [0.15, 0.2) is 25.6 Å². The first-order valence-electron chi connectivity index (χ1n) is 9.05. The number of hydrogen-bond acceptors (Lipinski definition) is 1. The molecule has 0 saturated carbocycles. The Bertz CT molecular complexity index is 434. The van der Waals surface area contributed by atoms with Crippen LogP contribution in [-0.4, -0.2) is 4.98 Å². The van der Waals surface area contributed by atoms with Gasteiger partial charge in [-0.15, -0.1) is 0 Å². The van der Waals surface area contributed by atoms with Crippen LogP contribution >= 0.6 is 0 Å². The summed E-state index contributed by atoms with van der Waals surface area (Å²) < 4.78 is 0. The van der Waals surface area contributed by atoms with Crippen LogP contribution in [0.4, 0.5) is 0 Å². The van der Waals surface area contributed by atoms with Gasteiger partial charge >= 0.3 is 0 Å². The van der Waals surface area contributed by atoms with Crippen molar-refractivity contribution in [3.8, 4) is 0 Å². The third kappa shape index (κ3) is 7.06. The lowest BCUT2D eigenvalue weighted by Gasteiger charge is -2.08. The first-order chi connectivity index (χ1) is 10.8. The molecule has 1 heterocycles. The first-order valence-corrected chi connectivity index (χ1v) is 9.05. The fraction of sp³-hybridized carbons (Fsp3) is 0.571. The maximum Gasteiger partial charge on any atom is 0.0346 e. The molecule has 1 aromatic rings. The summed E-state index contributed by atoms with van der Waals surface area (Å²) in [6.07, 6.45) is 22.5. The molecule has 0 amide bonds. The third-order valence-corrected chi connectivity index (χ3v) is 4.32. The third-order valence-electron chi connectivity index (χ3n) is 4.32. The van der Waals surface area contributed by atoms with Crippen molar-refractivity contribution in [2.75, 3.05) is 0 Å². The number of hydrogen-bond donors (Lipinski definition) is 0. The molecule has 1 heteroatoms. The molecule has 0 saturated heterocycles. The van der Waals surface area contributed by atoms with E-state index < -0.39 is 0 Å². The van der Waals surface area contributed by atoms with E-state index in [1.54, 1.807) is 0 Å². The molecule has 0 atom stereocenters. The Morgan fingerprint density at radius 3 is 1.95 bits per heavy atom. The molecule has 0 aliphatic rings. The van der Waals surface area contributed by atoms with E-state index in [0.29, 0.717) is 0 Å². The zero-order valence-corrected chi connectivity index (χ0v) is 14.4. The highest BCUT2D eigenvalue weighted by atomic mass is 14.6. The van der Waals surface area contributed by atoms with Crippen molar-refractivity contribution in [3.05, 3.63) is 42.2 Å². The zero-order valence-electron chi connectivity index (χ0n) is 14.4. The van der Waals surface area contributed by atoms with Crippen molar-refractivity contribution in [2.24, 2.45) is 0 Å². The molecule has 0 bridgehead atoms. The molecular weight excluding hydrogens is 266 g/mol. The molecular formula is C21H33N. The summed E-state index contributed by atoms with van der Waals surface area (Å²) >= 11 is 0. The van der Waals surface area contributed by atoms with E-state index in [2.05, 4.69) is 25.1 Å². The number of aromatic nitrogens is 1. The van der Waals surface area contributed by atoms with Crippen molar-refractivity contribution in [1.82, 2.24) is 4.98 Å². The fourth-order valence-corrected chi connectivity index (χ4v) is 2.95. The number of rotatable bonds is 13. The van der Waals surface area contributed by atoms with E-state index in [1.165, 1.54) is 75.3 Å². The molecule has 0 aliphatic heterocycles. The molecule has 22 heavy (non-hydrogen) atoms. The molecule has 0 aliphatic carbocycles. The molecule has 122 valence electrons. The van der Waals surface area contributed by atoms with Gasteiger partial charge in [0.2, 0.25) is 0 Å². The lowest BCUT2D eigenvalue weighted by molar-refractivity contribution is 0.556. The highest BCUT2D eigenvalue weighted by molar-refractivity contribution is 5.65. The van der Waals surface area contributed by atoms with E-state index in [9.17, 15) is 0 Å². The van der Waals surface area contributed by atoms with Gasteiger partial charge in [-0.1, -0.05) is 90.0 Å². The van der Waals surface area contributed by atoms with Gasteiger partial charge in [0.15, 0.2) is 0 Å². The SMILES string of the molecule is C=Cc1cncc(CCCCCCCCCCCC)c1C=C. The topological polar surface area (TPSA) is 12.9 Å². The van der Waals surface area contributed by atoms with Gasteiger partial charge in [-0.3, -0.25) is 4.98 Å². The van der Waals surface area contributed by atoms with E-state index in [4.69, 9.17) is 0 Å². The summed E-state index contributed by atoms with van der Waals surface area (Å²) in [6.45, 7) is 10.0. The van der Waals surface area contributed by atoms with Gasteiger partial charge in [-0.2, -0.15) is 0 Å². The minimum Gasteiger partial charge on any atom is -0.264 e. The Kier molecular flexibility index (Phi) is 10.4. The second-order valence-corrected chi connectivity index (χ2v) is 6.14. The average molecular weight is 300 g/mol. The van der Waals surface area contributed by atoms with Gasteiger partial charge in [0.25, 0.3) is 0 Å². The fourth-order valence-electron chi connectivity index (χ4n) is 2.95. The van der Waals surface area contributed by atoms with Crippen molar-refractivity contribution < 1.29 is 0 Å². The second kappa shape index (κ2) is 12.2. The van der Waals surface area contributed by atoms with Gasteiger partial charge in [0.05, 0.1) is 0 Å². The standard InChI is InChI=1S/C21H33N/c1-4-7-8-9-10-11-12-13-14-15-16-20-18-22-17-19(5-2)21(20)6-3/h5-6,17-18H,2-4,7-16H2,1H3. The quantitative estimate of drug-likeness (QED) is 0.364. The van der Waals surface area contributed by atoms with Crippen LogP contribution in [0.5, 0.6) is 0 Å². The van der Waals surface area contributed by atoms with Gasteiger partial charge < -0.3 is 0 Å². The van der Waals surface area contributed by atoms with Crippen LogP contribution in [0.3, 0.4) is 0 Å². The Hall–Kier alpha value is -1.37. The maximum atomic E-state index is 4.31. The Morgan fingerprint density at radius 1 is 0.818 bits per heavy atom. The van der Waals surface area contributed by atoms with Crippen LogP contribution in [-0.2, 0) is 6.42 Å². The van der Waals surface area contributed by atoms with Crippen LogP contribution in [0.1, 0.15) is 87.8 Å². The van der Waals surface area contributed by atoms with Crippen LogP contribution < -0.4 is 0 Å². The van der Waals surface area contributed by atoms with Crippen LogP contribution in [0.2, 0.25) is 0 Å². The minimum atomic E-state index is 1.10.